The van der Waals surface area contributed by atoms with E-state index in [1.807, 2.05) is 12.4 Å². The summed E-state index contributed by atoms with van der Waals surface area (Å²) in [5, 5.41) is 0. The second-order valence-corrected chi connectivity index (χ2v) is 4.92. The van der Waals surface area contributed by atoms with Crippen LogP contribution in [0.2, 0.25) is 0 Å². The van der Waals surface area contributed by atoms with Crippen molar-refractivity contribution in [1.29, 1.82) is 0 Å². The topological polar surface area (TPSA) is 42.1 Å². The maximum atomic E-state index is 5.93. The van der Waals surface area contributed by atoms with Gasteiger partial charge in [0, 0.05) is 37.6 Å². The number of aromatic nitrogens is 1. The molecule has 2 N–H and O–H groups in total. The predicted octanol–water partition coefficient (Wildman–Crippen LogP) is 1.81. The largest absolute Gasteiger partial charge is 0.329 e. The van der Waals surface area contributed by atoms with Crippen molar-refractivity contribution in [2.75, 3.05) is 13.1 Å². The van der Waals surface area contributed by atoms with Crippen LogP contribution in [0.15, 0.2) is 24.5 Å². The van der Waals surface area contributed by atoms with Crippen LogP contribution in [0.1, 0.15) is 31.9 Å². The predicted molar refractivity (Wildman–Crippen MR) is 66.0 cm³/mol. The van der Waals surface area contributed by atoms with Gasteiger partial charge in [-0.1, -0.05) is 6.92 Å². The Morgan fingerprint density at radius 2 is 2.12 bits per heavy atom. The van der Waals surface area contributed by atoms with E-state index in [0.29, 0.717) is 18.6 Å². The molecule has 1 aromatic rings. The molecular weight excluding hydrogens is 198 g/mol. The van der Waals surface area contributed by atoms with Gasteiger partial charge in [0.05, 0.1) is 0 Å². The van der Waals surface area contributed by atoms with Crippen molar-refractivity contribution in [3.63, 3.8) is 0 Å². The molecule has 0 amide bonds. The zero-order chi connectivity index (χ0) is 11.5. The van der Waals surface area contributed by atoms with Crippen molar-refractivity contribution in [3.8, 4) is 0 Å². The van der Waals surface area contributed by atoms with Crippen LogP contribution in [0.25, 0.3) is 0 Å². The highest BCUT2D eigenvalue weighted by molar-refractivity contribution is 5.16. The number of likely N-dealkylation sites (tertiary alicyclic amines) is 1. The molecule has 3 unspecified atom stereocenters. The molecule has 2 heterocycles. The average molecular weight is 219 g/mol. The molecular formula is C13H21N3. The number of nitrogens with zero attached hydrogens (tertiary/aromatic N) is 2. The Hall–Kier alpha value is -0.930. The maximum absolute atomic E-state index is 5.93. The Bertz CT molecular complexity index is 325. The van der Waals surface area contributed by atoms with Crippen molar-refractivity contribution in [2.24, 2.45) is 11.7 Å². The van der Waals surface area contributed by atoms with Crippen LogP contribution < -0.4 is 5.73 Å². The minimum atomic E-state index is 0.350. The van der Waals surface area contributed by atoms with Gasteiger partial charge >= 0.3 is 0 Å². The van der Waals surface area contributed by atoms with Gasteiger partial charge in [-0.2, -0.15) is 0 Å². The normalized spacial score (nSPS) is 28.2. The summed E-state index contributed by atoms with van der Waals surface area (Å²) in [7, 11) is 0. The Labute approximate surface area is 97.7 Å². The Morgan fingerprint density at radius 3 is 2.62 bits per heavy atom. The number of hydrogen-bond acceptors (Lipinski definition) is 3. The van der Waals surface area contributed by atoms with Gasteiger partial charge in [-0.05, 0) is 37.0 Å². The fourth-order valence-corrected chi connectivity index (χ4v) is 2.82. The summed E-state index contributed by atoms with van der Waals surface area (Å²) >= 11 is 0. The van der Waals surface area contributed by atoms with Crippen LogP contribution in [-0.4, -0.2) is 29.0 Å². The summed E-state index contributed by atoms with van der Waals surface area (Å²) in [6.45, 7) is 6.45. The highest BCUT2D eigenvalue weighted by Crippen LogP contribution is 2.31. The third kappa shape index (κ3) is 2.25. The summed E-state index contributed by atoms with van der Waals surface area (Å²) in [6.07, 6.45) is 4.98. The first-order valence-electron chi connectivity index (χ1n) is 6.08. The van der Waals surface area contributed by atoms with Crippen molar-refractivity contribution in [2.45, 2.75) is 32.4 Å². The van der Waals surface area contributed by atoms with Crippen molar-refractivity contribution in [3.05, 3.63) is 30.1 Å². The molecule has 0 aliphatic carbocycles. The Kier molecular flexibility index (Phi) is 3.56. The van der Waals surface area contributed by atoms with Gasteiger partial charge in [-0.3, -0.25) is 9.88 Å². The van der Waals surface area contributed by atoms with E-state index in [2.05, 4.69) is 35.9 Å². The monoisotopic (exact) mass is 219 g/mol. The molecule has 1 aliphatic heterocycles. The van der Waals surface area contributed by atoms with E-state index < -0.39 is 0 Å². The van der Waals surface area contributed by atoms with Gasteiger partial charge in [0.25, 0.3) is 0 Å². The molecule has 16 heavy (non-hydrogen) atoms. The van der Waals surface area contributed by atoms with E-state index in [0.717, 1.165) is 12.5 Å². The minimum absolute atomic E-state index is 0.350. The summed E-state index contributed by atoms with van der Waals surface area (Å²) in [5.74, 6) is 0.783. The van der Waals surface area contributed by atoms with Gasteiger partial charge in [0.15, 0.2) is 0 Å². The summed E-state index contributed by atoms with van der Waals surface area (Å²) in [6, 6.07) is 5.14. The summed E-state index contributed by atoms with van der Waals surface area (Å²) < 4.78 is 0. The highest BCUT2D eigenvalue weighted by Gasteiger charge is 2.31. The Morgan fingerprint density at radius 1 is 1.44 bits per heavy atom. The number of rotatable bonds is 3. The third-order valence-electron chi connectivity index (χ3n) is 3.55. The zero-order valence-corrected chi connectivity index (χ0v) is 10.1. The lowest BCUT2D eigenvalue weighted by atomic mass is 10.1. The molecule has 3 atom stereocenters. The van der Waals surface area contributed by atoms with Gasteiger partial charge in [0.2, 0.25) is 0 Å². The first-order valence-corrected chi connectivity index (χ1v) is 6.08. The van der Waals surface area contributed by atoms with Crippen LogP contribution in [0.5, 0.6) is 0 Å². The molecule has 1 saturated heterocycles. The van der Waals surface area contributed by atoms with Gasteiger partial charge < -0.3 is 5.73 Å². The lowest BCUT2D eigenvalue weighted by molar-refractivity contribution is 0.192. The van der Waals surface area contributed by atoms with Gasteiger partial charge in [-0.15, -0.1) is 0 Å². The SMILES string of the molecule is CC1CC(C)N(C(CN)c2ccncc2)C1. The van der Waals surface area contributed by atoms with Crippen molar-refractivity contribution < 1.29 is 0 Å². The number of pyridine rings is 1. The van der Waals surface area contributed by atoms with Crippen molar-refractivity contribution in [1.82, 2.24) is 9.88 Å². The quantitative estimate of drug-likeness (QED) is 0.843. The van der Waals surface area contributed by atoms with E-state index in [9.17, 15) is 0 Å². The average Bonchev–Trinajstić information content (AvgIpc) is 2.61. The van der Waals surface area contributed by atoms with Crippen LogP contribution >= 0.6 is 0 Å². The number of hydrogen-bond donors (Lipinski definition) is 1. The van der Waals surface area contributed by atoms with Crippen LogP contribution in [0.4, 0.5) is 0 Å². The maximum Gasteiger partial charge on any atom is 0.0474 e. The zero-order valence-electron chi connectivity index (χ0n) is 10.1. The molecule has 1 aromatic heterocycles. The molecule has 2 rings (SSSR count). The summed E-state index contributed by atoms with van der Waals surface area (Å²) in [4.78, 5) is 6.59. The molecule has 0 bridgehead atoms. The summed E-state index contributed by atoms with van der Waals surface area (Å²) in [5.41, 5.74) is 7.22. The van der Waals surface area contributed by atoms with E-state index in [1.165, 1.54) is 12.0 Å². The van der Waals surface area contributed by atoms with Crippen LogP contribution in [-0.2, 0) is 0 Å². The first-order chi connectivity index (χ1) is 7.72. The molecule has 88 valence electrons. The Balaban J connectivity index is 2.17. The van der Waals surface area contributed by atoms with Gasteiger partial charge in [0.1, 0.15) is 0 Å². The third-order valence-corrected chi connectivity index (χ3v) is 3.55. The molecule has 3 heteroatoms. The molecule has 1 fully saturated rings. The fourth-order valence-electron chi connectivity index (χ4n) is 2.82. The fraction of sp³-hybridized carbons (Fsp3) is 0.615. The second kappa shape index (κ2) is 4.93. The molecule has 0 radical (unpaired) electrons. The standard InChI is InChI=1S/C13H21N3/c1-10-7-11(2)16(9-10)13(8-14)12-3-5-15-6-4-12/h3-6,10-11,13H,7-9,14H2,1-2H3. The van der Waals surface area contributed by atoms with E-state index in [1.54, 1.807) is 0 Å². The smallest absolute Gasteiger partial charge is 0.0474 e. The van der Waals surface area contributed by atoms with Crippen LogP contribution in [0.3, 0.4) is 0 Å². The molecule has 1 aliphatic rings. The van der Waals surface area contributed by atoms with Crippen molar-refractivity contribution >= 4 is 0 Å². The highest BCUT2D eigenvalue weighted by atomic mass is 15.2. The lowest BCUT2D eigenvalue weighted by Gasteiger charge is -2.30. The number of nitrogens with two attached hydrogens (primary N) is 1. The lowest BCUT2D eigenvalue weighted by Crippen LogP contribution is -2.36. The molecule has 0 saturated carbocycles. The molecule has 3 nitrogen and oxygen atoms in total. The molecule has 0 spiro atoms. The van der Waals surface area contributed by atoms with Crippen LogP contribution in [0, 0.1) is 5.92 Å². The van der Waals surface area contributed by atoms with E-state index in [-0.39, 0.29) is 0 Å². The molecule has 0 aromatic carbocycles. The second-order valence-electron chi connectivity index (χ2n) is 4.92. The first kappa shape index (κ1) is 11.6. The van der Waals surface area contributed by atoms with E-state index >= 15 is 0 Å². The minimum Gasteiger partial charge on any atom is -0.329 e. The van der Waals surface area contributed by atoms with E-state index in [4.69, 9.17) is 5.73 Å². The van der Waals surface area contributed by atoms with Gasteiger partial charge in [-0.25, -0.2) is 0 Å².